The van der Waals surface area contributed by atoms with E-state index in [1.54, 1.807) is 6.07 Å². The zero-order valence-electron chi connectivity index (χ0n) is 12.7. The van der Waals surface area contributed by atoms with E-state index in [0.717, 1.165) is 45.8 Å². The summed E-state index contributed by atoms with van der Waals surface area (Å²) in [5, 5.41) is 0. The summed E-state index contributed by atoms with van der Waals surface area (Å²) in [5.74, 6) is 0. The fourth-order valence-corrected chi connectivity index (χ4v) is 5.89. The van der Waals surface area contributed by atoms with Crippen LogP contribution in [0.2, 0.25) is 0 Å². The Labute approximate surface area is 135 Å². The summed E-state index contributed by atoms with van der Waals surface area (Å²) in [4.78, 5) is 2.24. The number of aryl methyl sites for hydroxylation is 3. The molecule has 0 spiro atoms. The molecule has 1 unspecified atom stereocenters. The average molecular weight is 336 g/mol. The number of rotatable bonds is 3. The maximum Gasteiger partial charge on any atom is 0.242 e. The number of nitrogen functional groups attached to an aromatic ring is 1. The quantitative estimate of drug-likeness (QED) is 0.845. The van der Waals surface area contributed by atoms with Gasteiger partial charge >= 0.3 is 0 Å². The monoisotopic (exact) mass is 336 g/mol. The van der Waals surface area contributed by atoms with Crippen LogP contribution in [-0.4, -0.2) is 8.42 Å². The number of sulfonamides is 1. The van der Waals surface area contributed by atoms with Crippen LogP contribution in [0.25, 0.3) is 0 Å². The molecule has 0 radical (unpaired) electrons. The fraction of sp³-hybridized carbons (Fsp3) is 0.375. The van der Waals surface area contributed by atoms with Gasteiger partial charge in [-0.2, -0.15) is 0 Å². The zero-order chi connectivity index (χ0) is 15.9. The third kappa shape index (κ3) is 2.91. The van der Waals surface area contributed by atoms with E-state index >= 15 is 0 Å². The minimum Gasteiger partial charge on any atom is -0.399 e. The van der Waals surface area contributed by atoms with E-state index in [9.17, 15) is 8.42 Å². The Morgan fingerprint density at radius 2 is 2.05 bits per heavy atom. The molecular formula is C16H20N2O2S2. The van der Waals surface area contributed by atoms with Gasteiger partial charge in [-0.05, 0) is 62.4 Å². The van der Waals surface area contributed by atoms with Crippen molar-refractivity contribution in [2.75, 3.05) is 5.73 Å². The Kier molecular flexibility index (Phi) is 4.01. The second-order valence-electron chi connectivity index (χ2n) is 5.80. The first kappa shape index (κ1) is 15.5. The molecule has 0 bridgehead atoms. The SMILES string of the molecule is Cc1cc(S(=O)(=O)NC2CCCc3cc(N)ccc32)c(C)s1. The van der Waals surface area contributed by atoms with E-state index < -0.39 is 10.0 Å². The molecule has 1 atom stereocenters. The van der Waals surface area contributed by atoms with Crippen molar-refractivity contribution in [1.29, 1.82) is 0 Å². The van der Waals surface area contributed by atoms with Gasteiger partial charge in [0.25, 0.3) is 0 Å². The largest absolute Gasteiger partial charge is 0.399 e. The topological polar surface area (TPSA) is 72.2 Å². The van der Waals surface area contributed by atoms with Crippen molar-refractivity contribution in [2.45, 2.75) is 44.0 Å². The highest BCUT2D eigenvalue weighted by Crippen LogP contribution is 2.33. The normalized spacial score (nSPS) is 18.2. The molecular weight excluding hydrogens is 316 g/mol. The van der Waals surface area contributed by atoms with Crippen molar-refractivity contribution in [2.24, 2.45) is 0 Å². The van der Waals surface area contributed by atoms with Gasteiger partial charge in [0.15, 0.2) is 0 Å². The van der Waals surface area contributed by atoms with E-state index in [0.29, 0.717) is 4.90 Å². The number of nitrogens with one attached hydrogen (secondary N) is 1. The van der Waals surface area contributed by atoms with Crippen LogP contribution in [0.15, 0.2) is 29.2 Å². The third-order valence-corrected chi connectivity index (χ3v) is 6.76. The molecule has 1 aliphatic carbocycles. The maximum absolute atomic E-state index is 12.7. The Balaban J connectivity index is 1.93. The number of benzene rings is 1. The molecule has 1 aromatic carbocycles. The summed E-state index contributed by atoms with van der Waals surface area (Å²) < 4.78 is 28.2. The lowest BCUT2D eigenvalue weighted by Gasteiger charge is -2.26. The minimum absolute atomic E-state index is 0.172. The zero-order valence-corrected chi connectivity index (χ0v) is 14.4. The first-order valence-electron chi connectivity index (χ1n) is 7.34. The summed E-state index contributed by atoms with van der Waals surface area (Å²) in [7, 11) is -3.49. The van der Waals surface area contributed by atoms with E-state index in [2.05, 4.69) is 4.72 Å². The van der Waals surface area contributed by atoms with Crippen LogP contribution in [0.5, 0.6) is 0 Å². The van der Waals surface area contributed by atoms with E-state index in [1.165, 1.54) is 11.3 Å². The van der Waals surface area contributed by atoms with Gasteiger partial charge in [0, 0.05) is 21.5 Å². The number of fused-ring (bicyclic) bond motifs is 1. The molecule has 4 nitrogen and oxygen atoms in total. The van der Waals surface area contributed by atoms with Gasteiger partial charge in [-0.1, -0.05) is 6.07 Å². The van der Waals surface area contributed by atoms with E-state index in [4.69, 9.17) is 5.73 Å². The molecule has 0 amide bonds. The number of hydrogen-bond acceptors (Lipinski definition) is 4. The molecule has 1 aliphatic rings. The van der Waals surface area contributed by atoms with Crippen molar-refractivity contribution >= 4 is 27.0 Å². The molecule has 118 valence electrons. The maximum atomic E-state index is 12.7. The van der Waals surface area contributed by atoms with Crippen LogP contribution in [-0.2, 0) is 16.4 Å². The predicted octanol–water partition coefficient (Wildman–Crippen LogP) is 3.30. The summed E-state index contributed by atoms with van der Waals surface area (Å²) in [5.41, 5.74) is 8.76. The highest BCUT2D eigenvalue weighted by atomic mass is 32.2. The molecule has 22 heavy (non-hydrogen) atoms. The molecule has 1 heterocycles. The molecule has 1 aromatic heterocycles. The smallest absolute Gasteiger partial charge is 0.242 e. The predicted molar refractivity (Wildman–Crippen MR) is 90.6 cm³/mol. The Hall–Kier alpha value is -1.37. The van der Waals surface area contributed by atoms with Crippen molar-refractivity contribution in [3.05, 3.63) is 45.1 Å². The number of anilines is 1. The van der Waals surface area contributed by atoms with Crippen molar-refractivity contribution < 1.29 is 8.42 Å². The van der Waals surface area contributed by atoms with Crippen LogP contribution in [0.1, 0.15) is 39.8 Å². The molecule has 3 rings (SSSR count). The molecule has 6 heteroatoms. The third-order valence-electron chi connectivity index (χ3n) is 4.06. The standard InChI is InChI=1S/C16H20N2O2S2/c1-10-8-16(11(2)21-10)22(19,20)18-15-5-3-4-12-9-13(17)6-7-14(12)15/h6-9,15,18H,3-5,17H2,1-2H3. The number of hydrogen-bond donors (Lipinski definition) is 2. The molecule has 0 saturated heterocycles. The first-order valence-corrected chi connectivity index (χ1v) is 9.64. The molecule has 0 saturated carbocycles. The second kappa shape index (κ2) is 5.68. The Morgan fingerprint density at radius 1 is 1.27 bits per heavy atom. The van der Waals surface area contributed by atoms with Crippen LogP contribution < -0.4 is 10.5 Å². The highest BCUT2D eigenvalue weighted by Gasteiger charge is 2.27. The van der Waals surface area contributed by atoms with Crippen LogP contribution in [0.3, 0.4) is 0 Å². The van der Waals surface area contributed by atoms with Crippen LogP contribution in [0, 0.1) is 13.8 Å². The summed E-state index contributed by atoms with van der Waals surface area (Å²) in [6.45, 7) is 3.77. The Bertz CT molecular complexity index is 810. The summed E-state index contributed by atoms with van der Waals surface area (Å²) >= 11 is 1.51. The van der Waals surface area contributed by atoms with Gasteiger partial charge in [-0.25, -0.2) is 13.1 Å². The summed E-state index contributed by atoms with van der Waals surface area (Å²) in [6.07, 6.45) is 2.73. The van der Waals surface area contributed by atoms with Crippen molar-refractivity contribution in [1.82, 2.24) is 4.72 Å². The van der Waals surface area contributed by atoms with E-state index in [1.807, 2.05) is 32.0 Å². The molecule has 0 aliphatic heterocycles. The van der Waals surface area contributed by atoms with Gasteiger partial charge in [-0.15, -0.1) is 11.3 Å². The molecule has 2 aromatic rings. The van der Waals surface area contributed by atoms with Crippen molar-refractivity contribution in [3.63, 3.8) is 0 Å². The van der Waals surface area contributed by atoms with Gasteiger partial charge < -0.3 is 5.73 Å². The lowest BCUT2D eigenvalue weighted by atomic mass is 9.88. The highest BCUT2D eigenvalue weighted by molar-refractivity contribution is 7.89. The number of thiophene rings is 1. The first-order chi connectivity index (χ1) is 10.4. The van der Waals surface area contributed by atoms with Crippen LogP contribution >= 0.6 is 11.3 Å². The fourth-order valence-electron chi connectivity index (χ4n) is 3.08. The van der Waals surface area contributed by atoms with Gasteiger partial charge in [0.05, 0.1) is 4.90 Å². The summed E-state index contributed by atoms with van der Waals surface area (Å²) in [6, 6.07) is 7.31. The van der Waals surface area contributed by atoms with Crippen molar-refractivity contribution in [3.8, 4) is 0 Å². The van der Waals surface area contributed by atoms with E-state index in [-0.39, 0.29) is 6.04 Å². The van der Waals surface area contributed by atoms with Crippen LogP contribution in [0.4, 0.5) is 5.69 Å². The minimum atomic E-state index is -3.49. The second-order valence-corrected chi connectivity index (χ2v) is 8.94. The van der Waals surface area contributed by atoms with Gasteiger partial charge in [-0.3, -0.25) is 0 Å². The van der Waals surface area contributed by atoms with Gasteiger partial charge in [0.2, 0.25) is 10.0 Å². The average Bonchev–Trinajstić information content (AvgIpc) is 2.78. The molecule has 3 N–H and O–H groups in total. The lowest BCUT2D eigenvalue weighted by molar-refractivity contribution is 0.507. The molecule has 0 fully saturated rings. The Morgan fingerprint density at radius 3 is 2.73 bits per heavy atom. The van der Waals surface area contributed by atoms with Gasteiger partial charge in [0.1, 0.15) is 0 Å². The number of nitrogens with two attached hydrogens (primary N) is 1. The lowest BCUT2D eigenvalue weighted by Crippen LogP contribution is -2.31.